The van der Waals surface area contributed by atoms with E-state index >= 15 is 0 Å². The summed E-state index contributed by atoms with van der Waals surface area (Å²) in [5.74, 6) is 0. The highest BCUT2D eigenvalue weighted by Crippen LogP contribution is 2.32. The van der Waals surface area contributed by atoms with Gasteiger partial charge in [-0.1, -0.05) is 39.0 Å². The molecule has 0 heterocycles. The standard InChI is InChI=1S/C14H23N3O5S/c1-2-3-4-5-6-7-8-16-12-9-11(15)14(23(20,21)22)10-13(12)17(18)19/h9-10,16H,2-8,15H2,1H3,(H,20,21,22). The highest BCUT2D eigenvalue weighted by Gasteiger charge is 2.23. The second-order valence-electron chi connectivity index (χ2n) is 5.33. The maximum atomic E-state index is 11.2. The second kappa shape index (κ2) is 8.68. The number of nitrogens with two attached hydrogens (primary N) is 1. The van der Waals surface area contributed by atoms with Crippen LogP contribution >= 0.6 is 0 Å². The number of rotatable bonds is 10. The average molecular weight is 345 g/mol. The molecule has 1 aromatic rings. The highest BCUT2D eigenvalue weighted by molar-refractivity contribution is 7.86. The molecule has 130 valence electrons. The second-order valence-corrected chi connectivity index (χ2v) is 6.72. The lowest BCUT2D eigenvalue weighted by atomic mass is 10.1. The third-order valence-corrected chi connectivity index (χ3v) is 4.36. The largest absolute Gasteiger partial charge is 0.398 e. The molecule has 23 heavy (non-hydrogen) atoms. The monoisotopic (exact) mass is 345 g/mol. The Labute approximate surface area is 136 Å². The Morgan fingerprint density at radius 3 is 2.39 bits per heavy atom. The van der Waals surface area contributed by atoms with Crippen molar-refractivity contribution in [2.75, 3.05) is 17.6 Å². The molecule has 0 spiro atoms. The molecule has 9 heteroatoms. The maximum Gasteiger partial charge on any atom is 0.296 e. The van der Waals surface area contributed by atoms with E-state index in [0.29, 0.717) is 6.54 Å². The average Bonchev–Trinajstić information content (AvgIpc) is 2.44. The summed E-state index contributed by atoms with van der Waals surface area (Å²) in [6.07, 6.45) is 6.52. The van der Waals surface area contributed by atoms with E-state index in [9.17, 15) is 18.5 Å². The van der Waals surface area contributed by atoms with Gasteiger partial charge < -0.3 is 11.1 Å². The van der Waals surface area contributed by atoms with Gasteiger partial charge in [-0.05, 0) is 12.5 Å². The summed E-state index contributed by atoms with van der Waals surface area (Å²) in [5, 5.41) is 14.0. The van der Waals surface area contributed by atoms with Gasteiger partial charge >= 0.3 is 0 Å². The van der Waals surface area contributed by atoms with Crippen molar-refractivity contribution in [1.82, 2.24) is 0 Å². The molecule has 1 rings (SSSR count). The lowest BCUT2D eigenvalue weighted by Gasteiger charge is -2.10. The number of hydrogen-bond donors (Lipinski definition) is 3. The fourth-order valence-corrected chi connectivity index (χ4v) is 2.85. The van der Waals surface area contributed by atoms with Crippen molar-refractivity contribution in [2.24, 2.45) is 0 Å². The van der Waals surface area contributed by atoms with Crippen LogP contribution < -0.4 is 11.1 Å². The number of nitrogens with one attached hydrogen (secondary N) is 1. The van der Waals surface area contributed by atoms with Crippen molar-refractivity contribution in [3.05, 3.63) is 22.2 Å². The van der Waals surface area contributed by atoms with E-state index in [2.05, 4.69) is 12.2 Å². The van der Waals surface area contributed by atoms with Crippen LogP contribution in [0.15, 0.2) is 17.0 Å². The molecule has 0 aliphatic heterocycles. The number of nitro groups is 1. The van der Waals surface area contributed by atoms with Crippen LogP contribution in [-0.2, 0) is 10.1 Å². The Kier molecular flexibility index (Phi) is 7.24. The Bertz CT molecular complexity index is 646. The number of nitrogen functional groups attached to an aromatic ring is 1. The number of nitro benzene ring substituents is 1. The van der Waals surface area contributed by atoms with Gasteiger partial charge in [-0.25, -0.2) is 0 Å². The zero-order valence-electron chi connectivity index (χ0n) is 13.1. The molecule has 0 atom stereocenters. The Balaban J connectivity index is 2.75. The van der Waals surface area contributed by atoms with Gasteiger partial charge in [0.25, 0.3) is 15.8 Å². The fourth-order valence-electron chi connectivity index (χ4n) is 2.23. The topological polar surface area (TPSA) is 136 Å². The summed E-state index contributed by atoms with van der Waals surface area (Å²) in [7, 11) is -4.60. The number of nitrogens with zero attached hydrogens (tertiary/aromatic N) is 1. The molecule has 0 bridgehead atoms. The first-order valence-electron chi connectivity index (χ1n) is 7.56. The van der Waals surface area contributed by atoms with Gasteiger partial charge in [0.2, 0.25) is 0 Å². The van der Waals surface area contributed by atoms with Gasteiger partial charge in [0.15, 0.2) is 0 Å². The smallest absolute Gasteiger partial charge is 0.296 e. The molecule has 0 aromatic heterocycles. The Morgan fingerprint density at radius 2 is 1.83 bits per heavy atom. The molecule has 0 saturated heterocycles. The molecule has 0 unspecified atom stereocenters. The number of unbranched alkanes of at least 4 members (excludes halogenated alkanes) is 5. The molecule has 0 radical (unpaired) electrons. The lowest BCUT2D eigenvalue weighted by Crippen LogP contribution is -2.09. The third-order valence-electron chi connectivity index (χ3n) is 3.45. The van der Waals surface area contributed by atoms with E-state index in [-0.39, 0.29) is 11.4 Å². The fraction of sp³-hybridized carbons (Fsp3) is 0.571. The lowest BCUT2D eigenvalue weighted by molar-refractivity contribution is -0.384. The van der Waals surface area contributed by atoms with Crippen LogP contribution in [0.25, 0.3) is 0 Å². The minimum Gasteiger partial charge on any atom is -0.398 e. The normalized spacial score (nSPS) is 11.4. The number of anilines is 2. The van der Waals surface area contributed by atoms with Crippen LogP contribution in [0.2, 0.25) is 0 Å². The van der Waals surface area contributed by atoms with E-state index < -0.39 is 25.6 Å². The van der Waals surface area contributed by atoms with Crippen molar-refractivity contribution in [3.63, 3.8) is 0 Å². The van der Waals surface area contributed by atoms with Gasteiger partial charge in [0.05, 0.1) is 10.6 Å². The maximum absolute atomic E-state index is 11.2. The molecule has 0 amide bonds. The zero-order valence-corrected chi connectivity index (χ0v) is 13.9. The minimum atomic E-state index is -4.60. The summed E-state index contributed by atoms with van der Waals surface area (Å²) in [6.45, 7) is 2.67. The van der Waals surface area contributed by atoms with Gasteiger partial charge in [0.1, 0.15) is 10.6 Å². The van der Waals surface area contributed by atoms with Gasteiger partial charge in [-0.2, -0.15) is 8.42 Å². The van der Waals surface area contributed by atoms with Crippen LogP contribution in [-0.4, -0.2) is 24.4 Å². The van der Waals surface area contributed by atoms with Gasteiger partial charge in [-0.15, -0.1) is 0 Å². The summed E-state index contributed by atoms with van der Waals surface area (Å²) in [5.41, 5.74) is 5.04. The summed E-state index contributed by atoms with van der Waals surface area (Å²) >= 11 is 0. The van der Waals surface area contributed by atoms with Crippen LogP contribution in [0.5, 0.6) is 0 Å². The van der Waals surface area contributed by atoms with Crippen molar-refractivity contribution in [1.29, 1.82) is 0 Å². The van der Waals surface area contributed by atoms with Crippen molar-refractivity contribution < 1.29 is 17.9 Å². The van der Waals surface area contributed by atoms with E-state index in [1.165, 1.54) is 19.3 Å². The molecular formula is C14H23N3O5S. The third kappa shape index (κ3) is 6.03. The first-order chi connectivity index (χ1) is 10.8. The molecular weight excluding hydrogens is 322 g/mol. The first kappa shape index (κ1) is 19.2. The molecule has 8 nitrogen and oxygen atoms in total. The molecule has 0 saturated carbocycles. The molecule has 0 aliphatic rings. The molecule has 4 N–H and O–H groups in total. The van der Waals surface area contributed by atoms with Crippen molar-refractivity contribution >= 4 is 27.2 Å². The number of benzene rings is 1. The van der Waals surface area contributed by atoms with E-state index in [1.807, 2.05) is 0 Å². The van der Waals surface area contributed by atoms with Crippen LogP contribution in [0.1, 0.15) is 45.4 Å². The minimum absolute atomic E-state index is 0.147. The van der Waals surface area contributed by atoms with E-state index in [1.54, 1.807) is 0 Å². The van der Waals surface area contributed by atoms with Crippen LogP contribution in [0.3, 0.4) is 0 Å². The summed E-state index contributed by atoms with van der Waals surface area (Å²) in [4.78, 5) is 9.70. The van der Waals surface area contributed by atoms with Gasteiger partial charge in [-0.3, -0.25) is 14.7 Å². The molecule has 0 aliphatic carbocycles. The zero-order chi connectivity index (χ0) is 17.5. The van der Waals surface area contributed by atoms with Crippen LogP contribution in [0, 0.1) is 10.1 Å². The predicted molar refractivity (Wildman–Crippen MR) is 89.2 cm³/mol. The molecule has 1 aromatic carbocycles. The SMILES string of the molecule is CCCCCCCCNc1cc(N)c(S(=O)(=O)O)cc1[N+](=O)[O-]. The Hall–Kier alpha value is -1.87. The van der Waals surface area contributed by atoms with Crippen molar-refractivity contribution in [3.8, 4) is 0 Å². The highest BCUT2D eigenvalue weighted by atomic mass is 32.2. The molecule has 0 fully saturated rings. The number of hydrogen-bond acceptors (Lipinski definition) is 6. The quantitative estimate of drug-likeness (QED) is 0.195. The predicted octanol–water partition coefficient (Wildman–Crippen LogP) is 3.20. The Morgan fingerprint density at radius 1 is 1.22 bits per heavy atom. The first-order valence-corrected chi connectivity index (χ1v) is 9.00. The van der Waals surface area contributed by atoms with Gasteiger partial charge in [0, 0.05) is 12.6 Å². The van der Waals surface area contributed by atoms with E-state index in [4.69, 9.17) is 10.3 Å². The summed E-state index contributed by atoms with van der Waals surface area (Å²) in [6, 6.07) is 1.94. The summed E-state index contributed by atoms with van der Waals surface area (Å²) < 4.78 is 31.3. The van der Waals surface area contributed by atoms with Crippen LogP contribution in [0.4, 0.5) is 17.1 Å². The van der Waals surface area contributed by atoms with Crippen molar-refractivity contribution in [2.45, 2.75) is 50.3 Å². The van der Waals surface area contributed by atoms with E-state index in [0.717, 1.165) is 31.4 Å².